The number of anilines is 1. The van der Waals surface area contributed by atoms with Gasteiger partial charge in [-0.05, 0) is 79.9 Å². The lowest BCUT2D eigenvalue weighted by Crippen LogP contribution is -2.13. The first kappa shape index (κ1) is 25.2. The van der Waals surface area contributed by atoms with E-state index >= 15 is 0 Å². The Morgan fingerprint density at radius 3 is 2.47 bits per heavy atom. The number of nitrogens with one attached hydrogen (secondary N) is 1. The van der Waals surface area contributed by atoms with Gasteiger partial charge in [0.25, 0.3) is 5.91 Å². The Kier molecular flexibility index (Phi) is 8.59. The van der Waals surface area contributed by atoms with Crippen molar-refractivity contribution in [2.24, 2.45) is 0 Å². The molecule has 174 valence electrons. The lowest BCUT2D eigenvalue weighted by molar-refractivity contribution is -0.112. The number of benzene rings is 3. The fourth-order valence-electron chi connectivity index (χ4n) is 3.13. The highest BCUT2D eigenvalue weighted by Crippen LogP contribution is 2.31. The summed E-state index contributed by atoms with van der Waals surface area (Å²) in [5.41, 5.74) is 4.20. The predicted molar refractivity (Wildman–Crippen MR) is 137 cm³/mol. The molecule has 5 nitrogen and oxygen atoms in total. The summed E-state index contributed by atoms with van der Waals surface area (Å²) in [4.78, 5) is 12.7. The van der Waals surface area contributed by atoms with Crippen LogP contribution in [0.25, 0.3) is 6.08 Å². The molecule has 7 heteroatoms. The van der Waals surface area contributed by atoms with Gasteiger partial charge in [-0.1, -0.05) is 41.4 Å². The molecular weight excluding hydrogens is 471 g/mol. The number of halogens is 2. The standard InChI is InChI=1S/C27H24Cl2N2O3/c1-4-33-26-13-19(6-10-25(26)34-16-20-7-8-22(28)14-24(20)29)12-21(15-30)27(32)31-23-9-5-17(2)18(3)11-23/h5-14H,4,16H2,1-3H3,(H,31,32)/b21-12+. The zero-order chi connectivity index (χ0) is 24.7. The molecule has 0 saturated carbocycles. The van der Waals surface area contributed by atoms with Gasteiger partial charge in [0.1, 0.15) is 18.2 Å². The van der Waals surface area contributed by atoms with E-state index in [9.17, 15) is 10.1 Å². The van der Waals surface area contributed by atoms with Crippen molar-refractivity contribution in [1.82, 2.24) is 0 Å². The third-order valence-corrected chi connectivity index (χ3v) is 5.69. The molecule has 3 rings (SSSR count). The first-order chi connectivity index (χ1) is 16.3. The average molecular weight is 495 g/mol. The van der Waals surface area contributed by atoms with E-state index in [-0.39, 0.29) is 12.2 Å². The highest BCUT2D eigenvalue weighted by atomic mass is 35.5. The number of nitriles is 1. The van der Waals surface area contributed by atoms with E-state index in [1.807, 2.05) is 45.0 Å². The van der Waals surface area contributed by atoms with Crippen molar-refractivity contribution in [1.29, 1.82) is 5.26 Å². The maximum atomic E-state index is 12.7. The van der Waals surface area contributed by atoms with Crippen molar-refractivity contribution in [2.75, 3.05) is 11.9 Å². The molecule has 3 aromatic rings. The Morgan fingerprint density at radius 2 is 1.79 bits per heavy atom. The van der Waals surface area contributed by atoms with E-state index in [1.165, 1.54) is 6.08 Å². The number of rotatable bonds is 8. The lowest BCUT2D eigenvalue weighted by atomic mass is 10.1. The van der Waals surface area contributed by atoms with Crippen molar-refractivity contribution < 1.29 is 14.3 Å². The third kappa shape index (κ3) is 6.54. The highest BCUT2D eigenvalue weighted by Gasteiger charge is 2.13. The van der Waals surface area contributed by atoms with E-state index < -0.39 is 5.91 Å². The van der Waals surface area contributed by atoms with Gasteiger partial charge in [0.2, 0.25) is 0 Å². The second-order valence-electron chi connectivity index (χ2n) is 7.59. The zero-order valence-corrected chi connectivity index (χ0v) is 20.6. The molecule has 1 amide bonds. The fourth-order valence-corrected chi connectivity index (χ4v) is 3.59. The molecule has 0 radical (unpaired) electrons. The van der Waals surface area contributed by atoms with Gasteiger partial charge in [-0.25, -0.2) is 0 Å². The molecule has 0 aliphatic carbocycles. The minimum absolute atomic E-state index is 0.0257. The van der Waals surface area contributed by atoms with Crippen molar-refractivity contribution in [3.8, 4) is 17.6 Å². The summed E-state index contributed by atoms with van der Waals surface area (Å²) in [6, 6.07) is 18.0. The molecule has 0 aliphatic heterocycles. The van der Waals surface area contributed by atoms with Crippen LogP contribution >= 0.6 is 23.2 Å². The molecule has 0 unspecified atom stereocenters. The number of carbonyl (C=O) groups is 1. The number of hydrogen-bond acceptors (Lipinski definition) is 4. The van der Waals surface area contributed by atoms with E-state index in [0.29, 0.717) is 39.4 Å². The van der Waals surface area contributed by atoms with Crippen molar-refractivity contribution >= 4 is 40.9 Å². The molecule has 0 saturated heterocycles. The summed E-state index contributed by atoms with van der Waals surface area (Å²) in [6.07, 6.45) is 1.51. The Balaban J connectivity index is 1.79. The lowest BCUT2D eigenvalue weighted by Gasteiger charge is -2.13. The van der Waals surface area contributed by atoms with E-state index in [0.717, 1.165) is 16.7 Å². The Labute approximate surface area is 209 Å². The maximum absolute atomic E-state index is 12.7. The van der Waals surface area contributed by atoms with Crippen LogP contribution in [0.1, 0.15) is 29.2 Å². The molecule has 0 atom stereocenters. The molecule has 1 N–H and O–H groups in total. The molecule has 0 aliphatic rings. The van der Waals surface area contributed by atoms with Crippen LogP contribution in [0.3, 0.4) is 0 Å². The number of ether oxygens (including phenoxy) is 2. The van der Waals surface area contributed by atoms with Crippen molar-refractivity contribution in [2.45, 2.75) is 27.4 Å². The quantitative estimate of drug-likeness (QED) is 0.267. The monoisotopic (exact) mass is 494 g/mol. The van der Waals surface area contributed by atoms with Crippen LogP contribution in [0.4, 0.5) is 5.69 Å². The van der Waals surface area contributed by atoms with Crippen LogP contribution in [0.5, 0.6) is 11.5 Å². The van der Waals surface area contributed by atoms with Crippen LogP contribution in [0.15, 0.2) is 60.2 Å². The van der Waals surface area contributed by atoms with Gasteiger partial charge < -0.3 is 14.8 Å². The summed E-state index contributed by atoms with van der Waals surface area (Å²) >= 11 is 12.2. The number of nitrogens with zero attached hydrogens (tertiary/aromatic N) is 1. The summed E-state index contributed by atoms with van der Waals surface area (Å²) in [5, 5.41) is 13.4. The predicted octanol–water partition coefficient (Wildman–Crippen LogP) is 7.13. The Hall–Kier alpha value is -3.46. The van der Waals surface area contributed by atoms with Gasteiger partial charge in [-0.15, -0.1) is 0 Å². The minimum Gasteiger partial charge on any atom is -0.490 e. The van der Waals surface area contributed by atoms with Crippen molar-refractivity contribution in [3.05, 3.63) is 92.5 Å². The average Bonchev–Trinajstić information content (AvgIpc) is 2.80. The molecular formula is C27H24Cl2N2O3. The van der Waals surface area contributed by atoms with E-state index in [4.69, 9.17) is 32.7 Å². The van der Waals surface area contributed by atoms with Gasteiger partial charge in [0.15, 0.2) is 11.5 Å². The highest BCUT2D eigenvalue weighted by molar-refractivity contribution is 6.35. The van der Waals surface area contributed by atoms with Gasteiger partial charge in [-0.2, -0.15) is 5.26 Å². The SMILES string of the molecule is CCOc1cc(/C=C(\C#N)C(=O)Nc2ccc(C)c(C)c2)ccc1OCc1ccc(Cl)cc1Cl. The normalized spacial score (nSPS) is 11.0. The summed E-state index contributed by atoms with van der Waals surface area (Å²) in [7, 11) is 0. The number of amides is 1. The largest absolute Gasteiger partial charge is 0.490 e. The molecule has 0 spiro atoms. The van der Waals surface area contributed by atoms with E-state index in [1.54, 1.807) is 36.4 Å². The first-order valence-electron chi connectivity index (χ1n) is 10.6. The van der Waals surface area contributed by atoms with Crippen LogP contribution in [0.2, 0.25) is 10.0 Å². The summed E-state index contributed by atoms with van der Waals surface area (Å²) in [5.74, 6) is 0.526. The molecule has 0 fully saturated rings. The summed E-state index contributed by atoms with van der Waals surface area (Å²) in [6.45, 7) is 6.47. The van der Waals surface area contributed by atoms with Gasteiger partial charge in [0, 0.05) is 21.3 Å². The third-order valence-electron chi connectivity index (χ3n) is 5.11. The van der Waals surface area contributed by atoms with Gasteiger partial charge >= 0.3 is 0 Å². The number of hydrogen-bond donors (Lipinski definition) is 1. The van der Waals surface area contributed by atoms with Crippen LogP contribution in [-0.2, 0) is 11.4 Å². The number of aryl methyl sites for hydroxylation is 2. The van der Waals surface area contributed by atoms with Crippen LogP contribution in [-0.4, -0.2) is 12.5 Å². The molecule has 0 heterocycles. The topological polar surface area (TPSA) is 71.3 Å². The fraction of sp³-hybridized carbons (Fsp3) is 0.185. The van der Waals surface area contributed by atoms with Gasteiger partial charge in [0.05, 0.1) is 6.61 Å². The molecule has 3 aromatic carbocycles. The molecule has 0 bridgehead atoms. The van der Waals surface area contributed by atoms with Crippen LogP contribution in [0, 0.1) is 25.2 Å². The minimum atomic E-state index is -0.485. The Morgan fingerprint density at radius 1 is 1.00 bits per heavy atom. The first-order valence-corrected chi connectivity index (χ1v) is 11.4. The van der Waals surface area contributed by atoms with Gasteiger partial charge in [-0.3, -0.25) is 4.79 Å². The zero-order valence-electron chi connectivity index (χ0n) is 19.1. The van der Waals surface area contributed by atoms with E-state index in [2.05, 4.69) is 5.32 Å². The van der Waals surface area contributed by atoms with Crippen molar-refractivity contribution in [3.63, 3.8) is 0 Å². The second-order valence-corrected chi connectivity index (χ2v) is 8.43. The molecule has 0 aromatic heterocycles. The number of carbonyl (C=O) groups excluding carboxylic acids is 1. The molecule has 34 heavy (non-hydrogen) atoms. The summed E-state index contributed by atoms with van der Waals surface area (Å²) < 4.78 is 11.6. The Bertz CT molecular complexity index is 1280. The smallest absolute Gasteiger partial charge is 0.266 e. The van der Waals surface area contributed by atoms with Crippen LogP contribution < -0.4 is 14.8 Å². The maximum Gasteiger partial charge on any atom is 0.266 e. The second kappa shape index (κ2) is 11.6.